The smallest absolute Gasteiger partial charge is 0.171 e. The zero-order chi connectivity index (χ0) is 40.3. The Labute approximate surface area is 350 Å². The van der Waals surface area contributed by atoms with Crippen LogP contribution in [0.2, 0.25) is 0 Å². The van der Waals surface area contributed by atoms with Crippen LogP contribution >= 0.6 is 7.14 Å². The van der Waals surface area contributed by atoms with Gasteiger partial charge in [-0.25, -0.2) is 15.0 Å². The highest BCUT2D eigenvalue weighted by Crippen LogP contribution is 2.43. The summed E-state index contributed by atoms with van der Waals surface area (Å²) in [5.41, 5.74) is 9.58. The molecular weight excluding hydrogens is 750 g/mol. The fourth-order valence-corrected chi connectivity index (χ4v) is 10.6. The summed E-state index contributed by atoms with van der Waals surface area (Å²) in [5.74, 6) is 1.92. The molecule has 0 aliphatic heterocycles. The van der Waals surface area contributed by atoms with Crippen LogP contribution in [0, 0.1) is 0 Å². The van der Waals surface area contributed by atoms with Crippen molar-refractivity contribution in [1.82, 2.24) is 15.0 Å². The van der Waals surface area contributed by atoms with E-state index < -0.39 is 7.14 Å². The van der Waals surface area contributed by atoms with Gasteiger partial charge < -0.3 is 4.57 Å². The van der Waals surface area contributed by atoms with Crippen LogP contribution < -0.4 is 15.9 Å². The molecule has 4 nitrogen and oxygen atoms in total. The molecule has 0 aliphatic rings. The largest absolute Gasteiger partial charge is 0.309 e. The third kappa shape index (κ3) is 7.04. The van der Waals surface area contributed by atoms with Crippen molar-refractivity contribution in [2.45, 2.75) is 0 Å². The first-order valence-electron chi connectivity index (χ1n) is 20.0. The van der Waals surface area contributed by atoms with Crippen LogP contribution in [0.1, 0.15) is 0 Å². The van der Waals surface area contributed by atoms with Gasteiger partial charge in [-0.1, -0.05) is 231 Å². The molecule has 60 heavy (non-hydrogen) atoms. The normalized spacial score (nSPS) is 11.4. The number of hydrogen-bond donors (Lipinski definition) is 0. The van der Waals surface area contributed by atoms with E-state index >= 15 is 0 Å². The Bertz CT molecular complexity index is 3020. The minimum Gasteiger partial charge on any atom is -0.309 e. The van der Waals surface area contributed by atoms with Crippen LogP contribution in [0.15, 0.2) is 231 Å². The van der Waals surface area contributed by atoms with Crippen molar-refractivity contribution in [3.63, 3.8) is 0 Å². The molecule has 0 unspecified atom stereocenters. The Balaban J connectivity index is 0.941. The van der Waals surface area contributed by atoms with E-state index in [1.807, 2.05) is 133 Å². The second-order valence-corrected chi connectivity index (χ2v) is 17.5. The average molecular weight is 788 g/mol. The van der Waals surface area contributed by atoms with E-state index in [1.54, 1.807) is 0 Å². The maximum absolute atomic E-state index is 14.9. The van der Waals surface area contributed by atoms with Crippen molar-refractivity contribution in [2.24, 2.45) is 0 Å². The Morgan fingerprint density at radius 2 is 0.550 bits per heavy atom. The summed E-state index contributed by atoms with van der Waals surface area (Å²) in [7, 11) is -3.04. The maximum atomic E-state index is 14.9. The average Bonchev–Trinajstić information content (AvgIpc) is 3.34. The molecule has 1 aromatic heterocycles. The molecule has 10 rings (SSSR count). The van der Waals surface area contributed by atoms with Crippen molar-refractivity contribution in [3.8, 4) is 67.5 Å². The van der Waals surface area contributed by atoms with Crippen LogP contribution in [0.5, 0.6) is 0 Å². The molecule has 0 aliphatic carbocycles. The number of rotatable bonds is 9. The topological polar surface area (TPSA) is 55.7 Å². The summed E-state index contributed by atoms with van der Waals surface area (Å²) in [6.45, 7) is 0. The van der Waals surface area contributed by atoms with Crippen molar-refractivity contribution in [3.05, 3.63) is 231 Å². The molecule has 1 heterocycles. The van der Waals surface area contributed by atoms with Gasteiger partial charge in [-0.15, -0.1) is 0 Å². The number of hydrogen-bond acceptors (Lipinski definition) is 4. The molecule has 0 spiro atoms. The molecule has 0 N–H and O–H groups in total. The Kier molecular flexibility index (Phi) is 9.83. The maximum Gasteiger partial charge on any atom is 0.171 e. The number of fused-ring (bicyclic) bond motifs is 1. The van der Waals surface area contributed by atoms with Crippen LogP contribution in [-0.4, -0.2) is 15.0 Å². The van der Waals surface area contributed by atoms with E-state index in [4.69, 9.17) is 15.0 Å². The summed E-state index contributed by atoms with van der Waals surface area (Å²) >= 11 is 0. The third-order valence-corrected chi connectivity index (χ3v) is 14.2. The van der Waals surface area contributed by atoms with E-state index in [0.29, 0.717) is 17.5 Å². The lowest BCUT2D eigenvalue weighted by molar-refractivity contribution is 0.592. The van der Waals surface area contributed by atoms with Gasteiger partial charge in [0.05, 0.1) is 0 Å². The van der Waals surface area contributed by atoms with E-state index in [9.17, 15) is 4.57 Å². The molecule has 0 saturated carbocycles. The molecule has 0 radical (unpaired) electrons. The number of nitrogens with zero attached hydrogens (tertiary/aromatic N) is 3. The first kappa shape index (κ1) is 36.8. The zero-order valence-electron chi connectivity index (χ0n) is 32.6. The second kappa shape index (κ2) is 16.0. The predicted octanol–water partition coefficient (Wildman–Crippen LogP) is 12.7. The van der Waals surface area contributed by atoms with Gasteiger partial charge in [0.15, 0.2) is 24.6 Å². The summed E-state index contributed by atoms with van der Waals surface area (Å²) in [6, 6.07) is 78.3. The van der Waals surface area contributed by atoms with Gasteiger partial charge in [0, 0.05) is 32.6 Å². The minimum atomic E-state index is -3.04. The summed E-state index contributed by atoms with van der Waals surface area (Å²) in [6.07, 6.45) is 0. The molecular formula is C55H38N3OP. The fraction of sp³-hybridized carbons (Fsp3) is 0. The highest BCUT2D eigenvalue weighted by atomic mass is 31.2. The predicted molar refractivity (Wildman–Crippen MR) is 249 cm³/mol. The van der Waals surface area contributed by atoms with Crippen molar-refractivity contribution >= 4 is 33.8 Å². The molecule has 0 atom stereocenters. The lowest BCUT2D eigenvalue weighted by Gasteiger charge is -2.20. The van der Waals surface area contributed by atoms with Crippen molar-refractivity contribution in [2.75, 3.05) is 0 Å². The summed E-state index contributed by atoms with van der Waals surface area (Å²) in [4.78, 5) is 14.7. The van der Waals surface area contributed by atoms with Gasteiger partial charge in [-0.2, -0.15) is 0 Å². The lowest BCUT2D eigenvalue weighted by Crippen LogP contribution is -2.24. The molecule has 0 fully saturated rings. The quantitative estimate of drug-likeness (QED) is 0.137. The first-order valence-corrected chi connectivity index (χ1v) is 21.7. The van der Waals surface area contributed by atoms with E-state index in [0.717, 1.165) is 60.4 Å². The SMILES string of the molecule is O=P(c1ccccc1)(c1ccccc1)c1ccc(-c2ccc(-c3cccc4c(-c5ccc(-c6nc(-c7ccccc7)nc(-c7ccccc7)n6)cc5)cccc34)cc2)cc1. The Morgan fingerprint density at radius 3 is 0.950 bits per heavy atom. The first-order chi connectivity index (χ1) is 29.6. The highest BCUT2D eigenvalue weighted by Gasteiger charge is 2.29. The van der Waals surface area contributed by atoms with Gasteiger partial charge >= 0.3 is 0 Å². The van der Waals surface area contributed by atoms with Crippen molar-refractivity contribution in [1.29, 1.82) is 0 Å². The minimum absolute atomic E-state index is 0.633. The standard InChI is InChI=1S/C55H38N3OP/c59-60(46-19-9-3-10-20-46,47-21-11-4-12-22-47)48-37-35-40(36-38-48)39-27-29-41(30-28-39)49-23-13-26-52-50(24-14-25-51(49)52)42-31-33-45(34-32-42)55-57-53(43-15-5-1-6-16-43)56-54(58-55)44-17-7-2-8-18-44/h1-38H. The zero-order valence-corrected chi connectivity index (χ0v) is 33.5. The van der Waals surface area contributed by atoms with E-state index in [2.05, 4.69) is 97.1 Å². The van der Waals surface area contributed by atoms with E-state index in [-0.39, 0.29) is 0 Å². The highest BCUT2D eigenvalue weighted by molar-refractivity contribution is 7.85. The number of benzene rings is 9. The van der Waals surface area contributed by atoms with Gasteiger partial charge in [0.25, 0.3) is 0 Å². The molecule has 10 aromatic rings. The summed E-state index contributed by atoms with van der Waals surface area (Å²) < 4.78 is 14.9. The van der Waals surface area contributed by atoms with E-state index in [1.165, 1.54) is 16.3 Å². The molecule has 5 heteroatoms. The lowest BCUT2D eigenvalue weighted by atomic mass is 9.92. The second-order valence-electron chi connectivity index (χ2n) is 14.7. The van der Waals surface area contributed by atoms with Crippen LogP contribution in [0.3, 0.4) is 0 Å². The van der Waals surface area contributed by atoms with Crippen LogP contribution in [-0.2, 0) is 4.57 Å². The number of aromatic nitrogens is 3. The molecule has 0 saturated heterocycles. The fourth-order valence-electron chi connectivity index (χ4n) is 7.98. The Morgan fingerprint density at radius 1 is 0.250 bits per heavy atom. The summed E-state index contributed by atoms with van der Waals surface area (Å²) in [5, 5.41) is 4.85. The van der Waals surface area contributed by atoms with Crippen LogP contribution in [0.4, 0.5) is 0 Å². The molecule has 284 valence electrons. The van der Waals surface area contributed by atoms with Gasteiger partial charge in [0.1, 0.15) is 0 Å². The van der Waals surface area contributed by atoms with Gasteiger partial charge in [0.2, 0.25) is 0 Å². The van der Waals surface area contributed by atoms with Crippen LogP contribution in [0.25, 0.3) is 78.3 Å². The van der Waals surface area contributed by atoms with Crippen molar-refractivity contribution < 1.29 is 4.57 Å². The Hall–Kier alpha value is -7.52. The molecule has 0 bridgehead atoms. The molecule has 9 aromatic carbocycles. The van der Waals surface area contributed by atoms with Gasteiger partial charge in [-0.3, -0.25) is 0 Å². The molecule has 0 amide bonds. The monoisotopic (exact) mass is 787 g/mol. The van der Waals surface area contributed by atoms with Gasteiger partial charge in [-0.05, 0) is 44.2 Å². The third-order valence-electron chi connectivity index (χ3n) is 11.1.